The van der Waals surface area contributed by atoms with E-state index in [-0.39, 0.29) is 6.42 Å². The predicted octanol–water partition coefficient (Wildman–Crippen LogP) is 2.09. The Balaban J connectivity index is 2.08. The van der Waals surface area contributed by atoms with Gasteiger partial charge in [-0.3, -0.25) is 4.79 Å². The molecule has 0 atom stereocenters. The van der Waals surface area contributed by atoms with Gasteiger partial charge in [0.1, 0.15) is 0 Å². The molecule has 4 heteroatoms. The minimum absolute atomic E-state index is 0.170. The van der Waals surface area contributed by atoms with Crippen LogP contribution in [0.2, 0.25) is 0 Å². The van der Waals surface area contributed by atoms with Crippen LogP contribution in [0.5, 0.6) is 0 Å². The lowest BCUT2D eigenvalue weighted by atomic mass is 10.1. The molecule has 0 saturated heterocycles. The van der Waals surface area contributed by atoms with Crippen molar-refractivity contribution in [1.29, 1.82) is 0 Å². The first kappa shape index (κ1) is 10.4. The van der Waals surface area contributed by atoms with Crippen LogP contribution < -0.4 is 0 Å². The number of imidazole rings is 1. The molecule has 0 bridgehead atoms. The summed E-state index contributed by atoms with van der Waals surface area (Å²) in [5.41, 5.74) is 3.05. The van der Waals surface area contributed by atoms with E-state index in [4.69, 9.17) is 5.11 Å². The zero-order chi connectivity index (χ0) is 11.4. The average molecular weight is 216 g/mol. The lowest BCUT2D eigenvalue weighted by Gasteiger charge is -2.01. The second kappa shape index (κ2) is 4.61. The maximum Gasteiger partial charge on any atom is 0.303 e. The van der Waals surface area contributed by atoms with E-state index in [1.807, 2.05) is 24.3 Å². The van der Waals surface area contributed by atoms with E-state index in [2.05, 4.69) is 9.97 Å². The highest BCUT2D eigenvalue weighted by atomic mass is 16.4. The van der Waals surface area contributed by atoms with Gasteiger partial charge >= 0.3 is 5.97 Å². The highest BCUT2D eigenvalue weighted by Gasteiger charge is 2.01. The molecule has 0 spiro atoms. The number of nitrogens with one attached hydrogen (secondary N) is 1. The van der Waals surface area contributed by atoms with Gasteiger partial charge in [0.25, 0.3) is 0 Å². The van der Waals surface area contributed by atoms with Gasteiger partial charge in [0.2, 0.25) is 0 Å². The Bertz CT molecular complexity index is 460. The van der Waals surface area contributed by atoms with E-state index >= 15 is 0 Å². The average Bonchev–Trinajstić information content (AvgIpc) is 2.80. The molecule has 0 aliphatic rings. The van der Waals surface area contributed by atoms with Gasteiger partial charge in [-0.25, -0.2) is 4.98 Å². The number of carboxylic acid groups (broad SMARTS) is 1. The van der Waals surface area contributed by atoms with Crippen molar-refractivity contribution >= 4 is 5.97 Å². The maximum absolute atomic E-state index is 10.4. The number of carboxylic acids is 1. The number of benzene rings is 1. The minimum Gasteiger partial charge on any atom is -0.481 e. The molecule has 0 unspecified atom stereocenters. The van der Waals surface area contributed by atoms with E-state index in [0.29, 0.717) is 6.42 Å². The van der Waals surface area contributed by atoms with Gasteiger partial charge in [0.05, 0.1) is 18.2 Å². The molecule has 2 rings (SSSR count). The quantitative estimate of drug-likeness (QED) is 0.822. The van der Waals surface area contributed by atoms with E-state index in [9.17, 15) is 4.79 Å². The van der Waals surface area contributed by atoms with Crippen LogP contribution in [0.1, 0.15) is 12.0 Å². The van der Waals surface area contributed by atoms with Gasteiger partial charge in [0, 0.05) is 6.42 Å². The third-order valence-corrected chi connectivity index (χ3v) is 2.39. The normalized spacial score (nSPS) is 10.2. The van der Waals surface area contributed by atoms with Gasteiger partial charge in [-0.2, -0.15) is 0 Å². The minimum atomic E-state index is -0.766. The Morgan fingerprint density at radius 3 is 2.62 bits per heavy atom. The molecular formula is C12H12N2O2. The Labute approximate surface area is 93.0 Å². The summed E-state index contributed by atoms with van der Waals surface area (Å²) in [6, 6.07) is 7.81. The second-order valence-electron chi connectivity index (χ2n) is 3.56. The fraction of sp³-hybridized carbons (Fsp3) is 0.167. The Morgan fingerprint density at radius 2 is 2.06 bits per heavy atom. The van der Waals surface area contributed by atoms with Gasteiger partial charge < -0.3 is 10.1 Å². The molecule has 0 aliphatic heterocycles. The van der Waals surface area contributed by atoms with Crippen LogP contribution in [-0.4, -0.2) is 21.0 Å². The number of nitrogens with zero attached hydrogens (tertiary/aromatic N) is 1. The molecule has 0 aliphatic carbocycles. The van der Waals surface area contributed by atoms with Crippen molar-refractivity contribution in [2.24, 2.45) is 0 Å². The third-order valence-electron chi connectivity index (χ3n) is 2.39. The van der Waals surface area contributed by atoms with Gasteiger partial charge in [0.15, 0.2) is 0 Å². The SMILES string of the molecule is O=C(O)CCc1ccc(-c2cnc[nH]2)cc1. The number of H-pyrrole nitrogens is 1. The molecule has 82 valence electrons. The van der Waals surface area contributed by atoms with Crippen molar-refractivity contribution in [2.45, 2.75) is 12.8 Å². The molecule has 0 fully saturated rings. The number of rotatable bonds is 4. The topological polar surface area (TPSA) is 66.0 Å². The van der Waals surface area contributed by atoms with Crippen LogP contribution in [0.3, 0.4) is 0 Å². The largest absolute Gasteiger partial charge is 0.481 e. The molecule has 4 nitrogen and oxygen atoms in total. The molecule has 1 aromatic carbocycles. The smallest absolute Gasteiger partial charge is 0.303 e. The number of carbonyl (C=O) groups is 1. The standard InChI is InChI=1S/C12H12N2O2/c15-12(16)6-3-9-1-4-10(5-2-9)11-7-13-8-14-11/h1-2,4-5,7-8H,3,6H2,(H,13,14)(H,15,16). The summed E-state index contributed by atoms with van der Waals surface area (Å²) < 4.78 is 0. The van der Waals surface area contributed by atoms with Crippen LogP contribution in [0, 0.1) is 0 Å². The Kier molecular flexibility index (Phi) is 3.00. The van der Waals surface area contributed by atoms with Crippen molar-refractivity contribution in [3.63, 3.8) is 0 Å². The van der Waals surface area contributed by atoms with Crippen LogP contribution in [0.4, 0.5) is 0 Å². The van der Waals surface area contributed by atoms with E-state index in [0.717, 1.165) is 16.8 Å². The van der Waals surface area contributed by atoms with Crippen LogP contribution in [0.15, 0.2) is 36.8 Å². The highest BCUT2D eigenvalue weighted by Crippen LogP contribution is 2.16. The van der Waals surface area contributed by atoms with Gasteiger partial charge in [-0.1, -0.05) is 24.3 Å². The van der Waals surface area contributed by atoms with Crippen molar-refractivity contribution < 1.29 is 9.90 Å². The Hall–Kier alpha value is -2.10. The first-order valence-electron chi connectivity index (χ1n) is 5.05. The first-order chi connectivity index (χ1) is 7.75. The lowest BCUT2D eigenvalue weighted by Crippen LogP contribution is -1.97. The number of hydrogen-bond acceptors (Lipinski definition) is 2. The number of hydrogen-bond donors (Lipinski definition) is 2. The van der Waals surface area contributed by atoms with Crippen molar-refractivity contribution in [1.82, 2.24) is 9.97 Å². The number of aliphatic carboxylic acids is 1. The summed E-state index contributed by atoms with van der Waals surface area (Å²) in [6.07, 6.45) is 4.13. The zero-order valence-electron chi connectivity index (χ0n) is 8.68. The van der Waals surface area contributed by atoms with Crippen LogP contribution >= 0.6 is 0 Å². The maximum atomic E-state index is 10.4. The fourth-order valence-electron chi connectivity index (χ4n) is 1.52. The number of aryl methyl sites for hydroxylation is 1. The second-order valence-corrected chi connectivity index (χ2v) is 3.56. The summed E-state index contributed by atoms with van der Waals surface area (Å²) >= 11 is 0. The predicted molar refractivity (Wildman–Crippen MR) is 60.0 cm³/mol. The van der Waals surface area contributed by atoms with Gasteiger partial charge in [-0.15, -0.1) is 0 Å². The van der Waals surface area contributed by atoms with Crippen LogP contribution in [-0.2, 0) is 11.2 Å². The van der Waals surface area contributed by atoms with Gasteiger partial charge in [-0.05, 0) is 17.5 Å². The number of aromatic nitrogens is 2. The van der Waals surface area contributed by atoms with E-state index in [1.54, 1.807) is 12.5 Å². The summed E-state index contributed by atoms with van der Waals surface area (Å²) in [7, 11) is 0. The molecule has 0 saturated carbocycles. The fourth-order valence-corrected chi connectivity index (χ4v) is 1.52. The molecule has 16 heavy (non-hydrogen) atoms. The van der Waals surface area contributed by atoms with Crippen LogP contribution in [0.25, 0.3) is 11.3 Å². The van der Waals surface area contributed by atoms with E-state index in [1.165, 1.54) is 0 Å². The van der Waals surface area contributed by atoms with Crippen molar-refractivity contribution in [3.8, 4) is 11.3 Å². The zero-order valence-corrected chi connectivity index (χ0v) is 8.68. The molecule has 2 N–H and O–H groups in total. The molecule has 0 amide bonds. The highest BCUT2D eigenvalue weighted by molar-refractivity contribution is 5.67. The summed E-state index contributed by atoms with van der Waals surface area (Å²) in [5.74, 6) is -0.766. The molecule has 1 heterocycles. The summed E-state index contributed by atoms with van der Waals surface area (Å²) in [5, 5.41) is 8.57. The molecule has 2 aromatic rings. The molecular weight excluding hydrogens is 204 g/mol. The van der Waals surface area contributed by atoms with E-state index < -0.39 is 5.97 Å². The summed E-state index contributed by atoms with van der Waals surface area (Å²) in [4.78, 5) is 17.4. The number of aromatic amines is 1. The summed E-state index contributed by atoms with van der Waals surface area (Å²) in [6.45, 7) is 0. The molecule has 1 aromatic heterocycles. The molecule has 0 radical (unpaired) electrons. The third kappa shape index (κ3) is 2.48. The van der Waals surface area contributed by atoms with Crippen molar-refractivity contribution in [3.05, 3.63) is 42.4 Å². The first-order valence-corrected chi connectivity index (χ1v) is 5.05. The monoisotopic (exact) mass is 216 g/mol. The Morgan fingerprint density at radius 1 is 1.31 bits per heavy atom. The van der Waals surface area contributed by atoms with Crippen molar-refractivity contribution in [2.75, 3.05) is 0 Å². The lowest BCUT2D eigenvalue weighted by molar-refractivity contribution is -0.136.